The predicted octanol–water partition coefficient (Wildman–Crippen LogP) is 2.60. The van der Waals surface area contributed by atoms with E-state index in [1.165, 1.54) is 30.3 Å². The smallest absolute Gasteiger partial charge is 0.251 e. The third kappa shape index (κ3) is 3.28. The number of phenolic OH excluding ortho intramolecular Hbond substituents is 1. The first-order valence-corrected chi connectivity index (χ1v) is 5.57. The summed E-state index contributed by atoms with van der Waals surface area (Å²) in [5, 5.41) is 11.7. The monoisotopic (exact) mass is 263 g/mol. The molecule has 0 bridgehead atoms. The summed E-state index contributed by atoms with van der Waals surface area (Å²) >= 11 is 0. The minimum atomic E-state index is -0.948. The number of amides is 1. The Hall–Kier alpha value is -2.43. The number of carbonyl (C=O) groups is 1. The summed E-state index contributed by atoms with van der Waals surface area (Å²) in [6.07, 6.45) is 0. The van der Waals surface area contributed by atoms with Crippen LogP contribution in [0.15, 0.2) is 42.5 Å². The molecule has 2 N–H and O–H groups in total. The van der Waals surface area contributed by atoms with Gasteiger partial charge < -0.3 is 10.4 Å². The van der Waals surface area contributed by atoms with Gasteiger partial charge in [0.15, 0.2) is 11.6 Å². The van der Waals surface area contributed by atoms with Crippen molar-refractivity contribution in [3.8, 4) is 5.75 Å². The molecule has 2 rings (SSSR count). The van der Waals surface area contributed by atoms with Gasteiger partial charge in [-0.2, -0.15) is 0 Å². The van der Waals surface area contributed by atoms with Crippen molar-refractivity contribution in [3.63, 3.8) is 0 Å². The number of hydrogen-bond donors (Lipinski definition) is 2. The molecule has 0 fully saturated rings. The molecular weight excluding hydrogens is 252 g/mol. The molecule has 0 saturated carbocycles. The minimum absolute atomic E-state index is 0.0668. The highest BCUT2D eigenvalue weighted by molar-refractivity contribution is 5.94. The molecule has 0 unspecified atom stereocenters. The second-order valence-electron chi connectivity index (χ2n) is 3.98. The molecule has 0 saturated heterocycles. The lowest BCUT2D eigenvalue weighted by molar-refractivity contribution is 0.0951. The molecule has 0 aromatic heterocycles. The molecule has 0 radical (unpaired) electrons. The van der Waals surface area contributed by atoms with Crippen LogP contribution in [0, 0.1) is 11.6 Å². The van der Waals surface area contributed by atoms with Gasteiger partial charge in [-0.3, -0.25) is 4.79 Å². The Bertz CT molecular complexity index is 597. The molecule has 98 valence electrons. The largest absolute Gasteiger partial charge is 0.508 e. The summed E-state index contributed by atoms with van der Waals surface area (Å²) in [7, 11) is 0. The quantitative estimate of drug-likeness (QED) is 0.894. The number of carbonyl (C=O) groups excluding carboxylic acids is 1. The molecule has 0 spiro atoms. The van der Waals surface area contributed by atoms with Gasteiger partial charge in [-0.05, 0) is 42.0 Å². The molecule has 2 aromatic carbocycles. The third-order valence-corrected chi connectivity index (χ3v) is 2.57. The van der Waals surface area contributed by atoms with E-state index >= 15 is 0 Å². The summed E-state index contributed by atoms with van der Waals surface area (Å²) in [6, 6.07) is 9.17. The molecule has 0 aliphatic rings. The minimum Gasteiger partial charge on any atom is -0.508 e. The van der Waals surface area contributed by atoms with Crippen molar-refractivity contribution in [2.45, 2.75) is 6.54 Å². The fourth-order valence-corrected chi connectivity index (χ4v) is 1.55. The molecule has 2 aromatic rings. The van der Waals surface area contributed by atoms with Crippen LogP contribution < -0.4 is 5.32 Å². The van der Waals surface area contributed by atoms with Crippen molar-refractivity contribution in [2.24, 2.45) is 0 Å². The zero-order valence-electron chi connectivity index (χ0n) is 9.86. The Morgan fingerprint density at radius 2 is 1.74 bits per heavy atom. The second-order valence-corrected chi connectivity index (χ2v) is 3.98. The van der Waals surface area contributed by atoms with E-state index in [1.54, 1.807) is 0 Å². The molecule has 19 heavy (non-hydrogen) atoms. The predicted molar refractivity (Wildman–Crippen MR) is 65.6 cm³/mol. The molecule has 0 heterocycles. The first-order valence-electron chi connectivity index (χ1n) is 5.57. The highest BCUT2D eigenvalue weighted by Crippen LogP contribution is 2.11. The summed E-state index contributed by atoms with van der Waals surface area (Å²) in [5.74, 6) is -2.16. The Morgan fingerprint density at radius 1 is 1.05 bits per heavy atom. The van der Waals surface area contributed by atoms with Gasteiger partial charge in [-0.15, -0.1) is 0 Å². The van der Waals surface area contributed by atoms with E-state index in [0.717, 1.165) is 12.1 Å². The summed E-state index contributed by atoms with van der Waals surface area (Å²) in [5.41, 5.74) is 0.839. The van der Waals surface area contributed by atoms with Crippen LogP contribution in [0.1, 0.15) is 15.9 Å². The van der Waals surface area contributed by atoms with Gasteiger partial charge in [0.1, 0.15) is 5.75 Å². The van der Waals surface area contributed by atoms with E-state index in [2.05, 4.69) is 5.32 Å². The van der Waals surface area contributed by atoms with Gasteiger partial charge in [0.05, 0.1) is 0 Å². The Morgan fingerprint density at radius 3 is 2.37 bits per heavy atom. The molecule has 0 atom stereocenters. The van der Waals surface area contributed by atoms with E-state index < -0.39 is 11.6 Å². The molecule has 5 heteroatoms. The first kappa shape index (κ1) is 13.0. The number of aromatic hydroxyl groups is 1. The topological polar surface area (TPSA) is 49.3 Å². The van der Waals surface area contributed by atoms with Crippen molar-refractivity contribution < 1.29 is 18.7 Å². The summed E-state index contributed by atoms with van der Waals surface area (Å²) in [4.78, 5) is 11.7. The standard InChI is InChI=1S/C14H11F2NO2/c15-12-6-1-9(7-13(12)16)8-17-14(19)10-2-4-11(18)5-3-10/h1-7,18H,8H2,(H,17,19). The van der Waals surface area contributed by atoms with Crippen molar-refractivity contribution in [2.75, 3.05) is 0 Å². The maximum atomic E-state index is 13.0. The van der Waals surface area contributed by atoms with Crippen LogP contribution in [-0.2, 0) is 6.54 Å². The fraction of sp³-hybridized carbons (Fsp3) is 0.0714. The van der Waals surface area contributed by atoms with Crippen LogP contribution in [-0.4, -0.2) is 11.0 Å². The third-order valence-electron chi connectivity index (χ3n) is 2.57. The van der Waals surface area contributed by atoms with Crippen molar-refractivity contribution in [1.82, 2.24) is 5.32 Å². The van der Waals surface area contributed by atoms with Gasteiger partial charge in [0.2, 0.25) is 0 Å². The second kappa shape index (κ2) is 5.48. The average molecular weight is 263 g/mol. The highest BCUT2D eigenvalue weighted by atomic mass is 19.2. The molecule has 1 amide bonds. The van der Waals surface area contributed by atoms with E-state index in [-0.39, 0.29) is 18.2 Å². The Labute approximate surface area is 108 Å². The van der Waals surface area contributed by atoms with Crippen LogP contribution >= 0.6 is 0 Å². The lowest BCUT2D eigenvalue weighted by Crippen LogP contribution is -2.22. The van der Waals surface area contributed by atoms with E-state index in [9.17, 15) is 13.6 Å². The van der Waals surface area contributed by atoms with Crippen molar-refractivity contribution >= 4 is 5.91 Å². The lowest BCUT2D eigenvalue weighted by atomic mass is 10.2. The van der Waals surface area contributed by atoms with Crippen LogP contribution in [0.2, 0.25) is 0 Å². The Kier molecular flexibility index (Phi) is 3.75. The van der Waals surface area contributed by atoms with Crippen LogP contribution in [0.5, 0.6) is 5.75 Å². The molecule has 0 aliphatic carbocycles. The van der Waals surface area contributed by atoms with Gasteiger partial charge >= 0.3 is 0 Å². The molecule has 3 nitrogen and oxygen atoms in total. The number of phenols is 1. The average Bonchev–Trinajstić information content (AvgIpc) is 2.40. The molecule has 0 aliphatic heterocycles. The normalized spacial score (nSPS) is 10.2. The maximum absolute atomic E-state index is 13.0. The summed E-state index contributed by atoms with van der Waals surface area (Å²) < 4.78 is 25.7. The van der Waals surface area contributed by atoms with Crippen LogP contribution in [0.4, 0.5) is 8.78 Å². The lowest BCUT2D eigenvalue weighted by Gasteiger charge is -2.06. The number of halogens is 2. The highest BCUT2D eigenvalue weighted by Gasteiger charge is 2.06. The van der Waals surface area contributed by atoms with Crippen LogP contribution in [0.25, 0.3) is 0 Å². The maximum Gasteiger partial charge on any atom is 0.251 e. The summed E-state index contributed by atoms with van der Waals surface area (Å²) in [6.45, 7) is 0.0942. The van der Waals surface area contributed by atoms with Crippen molar-refractivity contribution in [3.05, 3.63) is 65.2 Å². The Balaban J connectivity index is 2.00. The van der Waals surface area contributed by atoms with E-state index in [0.29, 0.717) is 11.1 Å². The van der Waals surface area contributed by atoms with Gasteiger partial charge in [0, 0.05) is 12.1 Å². The van der Waals surface area contributed by atoms with Gasteiger partial charge in [-0.25, -0.2) is 8.78 Å². The SMILES string of the molecule is O=C(NCc1ccc(F)c(F)c1)c1ccc(O)cc1. The number of nitrogens with one attached hydrogen (secondary N) is 1. The van der Waals surface area contributed by atoms with E-state index in [1.807, 2.05) is 0 Å². The number of hydrogen-bond acceptors (Lipinski definition) is 2. The van der Waals surface area contributed by atoms with Gasteiger partial charge in [0.25, 0.3) is 5.91 Å². The zero-order valence-corrected chi connectivity index (χ0v) is 9.86. The number of rotatable bonds is 3. The van der Waals surface area contributed by atoms with E-state index in [4.69, 9.17) is 5.11 Å². The van der Waals surface area contributed by atoms with Crippen LogP contribution in [0.3, 0.4) is 0 Å². The molecular formula is C14H11F2NO2. The number of benzene rings is 2. The fourth-order valence-electron chi connectivity index (χ4n) is 1.55. The van der Waals surface area contributed by atoms with Gasteiger partial charge in [-0.1, -0.05) is 6.07 Å². The zero-order chi connectivity index (χ0) is 13.8. The van der Waals surface area contributed by atoms with Crippen molar-refractivity contribution in [1.29, 1.82) is 0 Å². The first-order chi connectivity index (χ1) is 9.06.